The molecular weight excluding hydrogens is 298 g/mol. The number of urea groups is 1. The fourth-order valence-electron chi connectivity index (χ4n) is 1.33. The molecule has 0 radical (unpaired) electrons. The van der Waals surface area contributed by atoms with E-state index in [1.54, 1.807) is 24.5 Å². The average Bonchev–Trinajstić information content (AvgIpc) is 2.94. The van der Waals surface area contributed by atoms with Gasteiger partial charge in [0.2, 0.25) is 0 Å². The summed E-state index contributed by atoms with van der Waals surface area (Å²) < 4.78 is 7.71. The van der Waals surface area contributed by atoms with Crippen LogP contribution in [0.25, 0.3) is 0 Å². The smallest absolute Gasteiger partial charge is 0.345 e. The molecule has 104 valence electrons. The Morgan fingerprint density at radius 1 is 1.35 bits per heavy atom. The zero-order valence-corrected chi connectivity index (χ0v) is 11.9. The summed E-state index contributed by atoms with van der Waals surface area (Å²) in [4.78, 5) is 11.4. The number of carbonyl (C=O) groups is 1. The van der Waals surface area contributed by atoms with Gasteiger partial charge in [-0.25, -0.2) is 10.2 Å². The predicted molar refractivity (Wildman–Crippen MR) is 80.7 cm³/mol. The molecule has 2 N–H and O–H groups in total. The van der Waals surface area contributed by atoms with Crippen LogP contribution in [0.1, 0.15) is 11.3 Å². The third-order valence-electron chi connectivity index (χ3n) is 2.23. The summed E-state index contributed by atoms with van der Waals surface area (Å²) in [5.74, 6) is 1.34. The second-order valence-electron chi connectivity index (χ2n) is 3.69. The van der Waals surface area contributed by atoms with Gasteiger partial charge in [-0.15, -0.1) is 0 Å². The molecule has 2 aromatic rings. The number of hydrazone groups is 1. The minimum Gasteiger partial charge on any atom is -0.468 e. The number of nitrogens with zero attached hydrogens (tertiary/aromatic N) is 1. The third-order valence-corrected chi connectivity index (χ3v) is 3.34. The molecule has 7 heteroatoms. The SMILES string of the molecule is O=C(N/N=C/c1ccccc1Cl)NSCc1ccco1. The monoisotopic (exact) mass is 309 g/mol. The van der Waals surface area contributed by atoms with Crippen LogP contribution in [0.4, 0.5) is 4.79 Å². The molecule has 0 aliphatic rings. The molecule has 5 nitrogen and oxygen atoms in total. The highest BCUT2D eigenvalue weighted by Crippen LogP contribution is 2.12. The number of hydrogen-bond acceptors (Lipinski definition) is 4. The van der Waals surface area contributed by atoms with Gasteiger partial charge in [0, 0.05) is 10.6 Å². The standard InChI is InChI=1S/C13H12ClN3O2S/c14-12-6-2-1-4-10(12)8-15-16-13(18)17-20-9-11-5-3-7-19-11/h1-8H,9H2,(H2,16,17,18)/b15-8+. The first-order valence-electron chi connectivity index (χ1n) is 5.73. The van der Waals surface area contributed by atoms with Crippen molar-refractivity contribution in [1.29, 1.82) is 0 Å². The van der Waals surface area contributed by atoms with Crippen molar-refractivity contribution in [2.24, 2.45) is 5.10 Å². The van der Waals surface area contributed by atoms with E-state index >= 15 is 0 Å². The molecule has 0 unspecified atom stereocenters. The Bertz CT molecular complexity index is 587. The van der Waals surface area contributed by atoms with E-state index in [-0.39, 0.29) is 0 Å². The number of amides is 2. The second-order valence-corrected chi connectivity index (χ2v) is 4.88. The summed E-state index contributed by atoms with van der Waals surface area (Å²) in [7, 11) is 0. The van der Waals surface area contributed by atoms with Gasteiger partial charge in [0.05, 0.1) is 18.2 Å². The number of carbonyl (C=O) groups excluding carboxylic acids is 1. The van der Waals surface area contributed by atoms with Crippen LogP contribution in [-0.4, -0.2) is 12.2 Å². The van der Waals surface area contributed by atoms with Crippen LogP contribution >= 0.6 is 23.5 Å². The largest absolute Gasteiger partial charge is 0.468 e. The van der Waals surface area contributed by atoms with Crippen molar-refractivity contribution in [2.45, 2.75) is 5.75 Å². The summed E-state index contributed by atoms with van der Waals surface area (Å²) in [5, 5.41) is 4.38. The summed E-state index contributed by atoms with van der Waals surface area (Å²) in [5.41, 5.74) is 3.08. The van der Waals surface area contributed by atoms with Crippen molar-refractivity contribution in [1.82, 2.24) is 10.1 Å². The lowest BCUT2D eigenvalue weighted by Gasteiger charge is -2.01. The molecule has 0 bridgehead atoms. The van der Waals surface area contributed by atoms with Crippen LogP contribution in [0.2, 0.25) is 5.02 Å². The Labute approximate surface area is 125 Å². The van der Waals surface area contributed by atoms with Crippen molar-refractivity contribution in [3.63, 3.8) is 0 Å². The quantitative estimate of drug-likeness (QED) is 0.505. The number of benzene rings is 1. The zero-order valence-electron chi connectivity index (χ0n) is 10.4. The van der Waals surface area contributed by atoms with Gasteiger partial charge in [0.1, 0.15) is 5.76 Å². The first-order valence-corrected chi connectivity index (χ1v) is 7.10. The molecule has 2 rings (SSSR count). The fourth-order valence-corrected chi connectivity index (χ4v) is 2.07. The summed E-state index contributed by atoms with van der Waals surface area (Å²) in [6, 6.07) is 10.4. The molecule has 0 aliphatic heterocycles. The van der Waals surface area contributed by atoms with E-state index < -0.39 is 6.03 Å². The maximum atomic E-state index is 11.4. The van der Waals surface area contributed by atoms with Gasteiger partial charge >= 0.3 is 6.03 Å². The number of furan rings is 1. The summed E-state index contributed by atoms with van der Waals surface area (Å²) >= 11 is 7.16. The van der Waals surface area contributed by atoms with Gasteiger partial charge in [-0.1, -0.05) is 29.8 Å². The number of nitrogens with one attached hydrogen (secondary N) is 2. The van der Waals surface area contributed by atoms with Gasteiger partial charge < -0.3 is 4.42 Å². The zero-order chi connectivity index (χ0) is 14.2. The maximum absolute atomic E-state index is 11.4. The maximum Gasteiger partial charge on any atom is 0.345 e. The average molecular weight is 310 g/mol. The van der Waals surface area contributed by atoms with Crippen molar-refractivity contribution in [2.75, 3.05) is 0 Å². The second kappa shape index (κ2) is 7.62. The van der Waals surface area contributed by atoms with Crippen LogP contribution in [0.15, 0.2) is 52.2 Å². The lowest BCUT2D eigenvalue weighted by Crippen LogP contribution is -2.27. The minimum absolute atomic E-state index is 0.412. The Balaban J connectivity index is 1.71. The summed E-state index contributed by atoms with van der Waals surface area (Å²) in [6.07, 6.45) is 3.07. The first kappa shape index (κ1) is 14.5. The van der Waals surface area contributed by atoms with Crippen molar-refractivity contribution in [3.8, 4) is 0 Å². The fraction of sp³-hybridized carbons (Fsp3) is 0.0769. The Morgan fingerprint density at radius 2 is 2.20 bits per heavy atom. The van der Waals surface area contributed by atoms with E-state index in [0.717, 1.165) is 11.3 Å². The van der Waals surface area contributed by atoms with E-state index in [0.29, 0.717) is 10.8 Å². The van der Waals surface area contributed by atoms with E-state index in [1.165, 1.54) is 18.2 Å². The van der Waals surface area contributed by atoms with Crippen molar-refractivity contribution >= 4 is 35.8 Å². The Morgan fingerprint density at radius 3 is 2.95 bits per heavy atom. The van der Waals surface area contributed by atoms with Gasteiger partial charge in [0.15, 0.2) is 0 Å². The molecule has 0 saturated heterocycles. The van der Waals surface area contributed by atoms with E-state index in [1.807, 2.05) is 18.2 Å². The molecule has 2 amide bonds. The van der Waals surface area contributed by atoms with Crippen LogP contribution in [0.3, 0.4) is 0 Å². The molecule has 1 heterocycles. The molecule has 0 saturated carbocycles. The highest BCUT2D eigenvalue weighted by Gasteiger charge is 2.00. The van der Waals surface area contributed by atoms with Gasteiger partial charge in [-0.2, -0.15) is 5.10 Å². The van der Waals surface area contributed by atoms with Crippen LogP contribution < -0.4 is 10.1 Å². The Kier molecular flexibility index (Phi) is 5.52. The summed E-state index contributed by atoms with van der Waals surface area (Å²) in [6.45, 7) is 0. The lowest BCUT2D eigenvalue weighted by atomic mass is 10.2. The van der Waals surface area contributed by atoms with Crippen LogP contribution in [0.5, 0.6) is 0 Å². The number of hydrogen-bond donors (Lipinski definition) is 2. The highest BCUT2D eigenvalue weighted by atomic mass is 35.5. The number of rotatable bonds is 5. The molecule has 20 heavy (non-hydrogen) atoms. The lowest BCUT2D eigenvalue weighted by molar-refractivity contribution is 0.247. The predicted octanol–water partition coefficient (Wildman–Crippen LogP) is 3.41. The number of halogens is 1. The van der Waals surface area contributed by atoms with Gasteiger partial charge in [-0.3, -0.25) is 4.72 Å². The molecule has 0 spiro atoms. The Hall–Kier alpha value is -1.92. The van der Waals surface area contributed by atoms with E-state index in [2.05, 4.69) is 15.2 Å². The first-order chi connectivity index (χ1) is 9.75. The molecule has 1 aromatic carbocycles. The van der Waals surface area contributed by atoms with Gasteiger partial charge in [-0.05, 0) is 30.1 Å². The molecular formula is C13H12ClN3O2S. The minimum atomic E-state index is -0.412. The van der Waals surface area contributed by atoms with Crippen molar-refractivity contribution in [3.05, 3.63) is 59.0 Å². The van der Waals surface area contributed by atoms with Gasteiger partial charge in [0.25, 0.3) is 0 Å². The van der Waals surface area contributed by atoms with Crippen LogP contribution in [0, 0.1) is 0 Å². The molecule has 1 aromatic heterocycles. The highest BCUT2D eigenvalue weighted by molar-refractivity contribution is 7.97. The molecule has 0 aliphatic carbocycles. The molecule has 0 fully saturated rings. The normalized spacial score (nSPS) is 10.7. The van der Waals surface area contributed by atoms with Crippen LogP contribution in [-0.2, 0) is 5.75 Å². The van der Waals surface area contributed by atoms with Crippen molar-refractivity contribution < 1.29 is 9.21 Å². The molecule has 0 atom stereocenters. The topological polar surface area (TPSA) is 66.6 Å². The van der Waals surface area contributed by atoms with E-state index in [4.69, 9.17) is 16.0 Å². The third kappa shape index (κ3) is 4.64. The van der Waals surface area contributed by atoms with E-state index in [9.17, 15) is 4.79 Å².